The highest BCUT2D eigenvalue weighted by molar-refractivity contribution is 7.09. The van der Waals surface area contributed by atoms with E-state index in [0.717, 1.165) is 43.6 Å². The van der Waals surface area contributed by atoms with E-state index >= 15 is 0 Å². The van der Waals surface area contributed by atoms with Crippen LogP contribution in [0.25, 0.3) is 0 Å². The largest absolute Gasteiger partial charge is 0.383 e. The molecule has 1 unspecified atom stereocenters. The molecule has 1 atom stereocenters. The van der Waals surface area contributed by atoms with Gasteiger partial charge in [0.15, 0.2) is 0 Å². The van der Waals surface area contributed by atoms with Gasteiger partial charge >= 0.3 is 0 Å². The maximum atomic E-state index is 5.33. The van der Waals surface area contributed by atoms with Crippen molar-refractivity contribution in [2.75, 3.05) is 38.8 Å². The molecule has 90 valence electrons. The number of hydrogen-bond donors (Lipinski definition) is 1. The first-order chi connectivity index (χ1) is 7.88. The predicted octanol–water partition coefficient (Wildman–Crippen LogP) is 1.18. The molecule has 1 saturated heterocycles. The SMILES string of the molecule is COCCNc1nc(CC2CCOC2)ns1. The number of rotatable bonds is 6. The average Bonchev–Trinajstić information content (AvgIpc) is 2.91. The van der Waals surface area contributed by atoms with Gasteiger partial charge in [-0.3, -0.25) is 0 Å². The molecular weight excluding hydrogens is 226 g/mol. The summed E-state index contributed by atoms with van der Waals surface area (Å²) in [5, 5.41) is 4.06. The number of nitrogens with one attached hydrogen (secondary N) is 1. The second kappa shape index (κ2) is 6.12. The van der Waals surface area contributed by atoms with E-state index in [1.807, 2.05) is 0 Å². The van der Waals surface area contributed by atoms with Crippen molar-refractivity contribution < 1.29 is 9.47 Å². The fraction of sp³-hybridized carbons (Fsp3) is 0.800. The molecule has 1 fully saturated rings. The third kappa shape index (κ3) is 3.40. The molecule has 1 aromatic heterocycles. The van der Waals surface area contributed by atoms with E-state index in [9.17, 15) is 0 Å². The summed E-state index contributed by atoms with van der Waals surface area (Å²) in [4.78, 5) is 4.43. The molecule has 2 rings (SSSR count). The van der Waals surface area contributed by atoms with Crippen LogP contribution in [0.5, 0.6) is 0 Å². The summed E-state index contributed by atoms with van der Waals surface area (Å²) in [7, 11) is 1.69. The number of ether oxygens (including phenoxy) is 2. The fourth-order valence-electron chi connectivity index (χ4n) is 1.67. The number of hydrogen-bond acceptors (Lipinski definition) is 6. The van der Waals surface area contributed by atoms with Gasteiger partial charge < -0.3 is 14.8 Å². The van der Waals surface area contributed by atoms with E-state index in [-0.39, 0.29) is 0 Å². The van der Waals surface area contributed by atoms with Crippen molar-refractivity contribution in [1.29, 1.82) is 0 Å². The second-order valence-electron chi connectivity index (χ2n) is 3.87. The average molecular weight is 243 g/mol. The van der Waals surface area contributed by atoms with Crippen LogP contribution in [0.4, 0.5) is 5.13 Å². The van der Waals surface area contributed by atoms with Crippen LogP contribution >= 0.6 is 11.5 Å². The quantitative estimate of drug-likeness (QED) is 0.760. The predicted molar refractivity (Wildman–Crippen MR) is 62.9 cm³/mol. The summed E-state index contributed by atoms with van der Waals surface area (Å²) in [6.07, 6.45) is 2.06. The van der Waals surface area contributed by atoms with Crippen LogP contribution < -0.4 is 5.32 Å². The van der Waals surface area contributed by atoms with Crippen molar-refractivity contribution in [3.8, 4) is 0 Å². The smallest absolute Gasteiger partial charge is 0.202 e. The first-order valence-electron chi connectivity index (χ1n) is 5.51. The van der Waals surface area contributed by atoms with Gasteiger partial charge in [0.05, 0.1) is 6.61 Å². The lowest BCUT2D eigenvalue weighted by Gasteiger charge is -2.02. The molecule has 0 aliphatic carbocycles. The fourth-order valence-corrected chi connectivity index (χ4v) is 2.29. The van der Waals surface area contributed by atoms with E-state index in [2.05, 4.69) is 14.7 Å². The molecule has 0 saturated carbocycles. The van der Waals surface area contributed by atoms with Gasteiger partial charge in [-0.05, 0) is 12.3 Å². The van der Waals surface area contributed by atoms with Crippen molar-refractivity contribution in [2.24, 2.45) is 5.92 Å². The van der Waals surface area contributed by atoms with Crippen LogP contribution in [-0.4, -0.2) is 42.8 Å². The Hall–Kier alpha value is -0.720. The van der Waals surface area contributed by atoms with Crippen molar-refractivity contribution in [1.82, 2.24) is 9.36 Å². The highest BCUT2D eigenvalue weighted by Crippen LogP contribution is 2.19. The van der Waals surface area contributed by atoms with Gasteiger partial charge in [0.1, 0.15) is 5.82 Å². The Morgan fingerprint density at radius 2 is 2.56 bits per heavy atom. The summed E-state index contributed by atoms with van der Waals surface area (Å²) in [6, 6.07) is 0. The minimum absolute atomic E-state index is 0.599. The number of methoxy groups -OCH3 is 1. The Labute approximate surface area is 99.3 Å². The summed E-state index contributed by atoms with van der Waals surface area (Å²) >= 11 is 1.41. The van der Waals surface area contributed by atoms with Gasteiger partial charge in [0.25, 0.3) is 0 Å². The van der Waals surface area contributed by atoms with E-state index in [1.165, 1.54) is 11.5 Å². The van der Waals surface area contributed by atoms with Crippen molar-refractivity contribution in [2.45, 2.75) is 12.8 Å². The van der Waals surface area contributed by atoms with Crippen LogP contribution in [0.15, 0.2) is 0 Å². The molecule has 0 aromatic carbocycles. The van der Waals surface area contributed by atoms with Crippen LogP contribution in [-0.2, 0) is 15.9 Å². The summed E-state index contributed by atoms with van der Waals surface area (Å²) < 4.78 is 14.6. The topological polar surface area (TPSA) is 56.3 Å². The standard InChI is InChI=1S/C10H17N3O2S/c1-14-5-3-11-10-12-9(13-16-10)6-8-2-4-15-7-8/h8H,2-7H2,1H3,(H,11,12,13). The molecule has 6 heteroatoms. The van der Waals surface area contributed by atoms with Gasteiger partial charge in [0, 0.05) is 44.8 Å². The summed E-state index contributed by atoms with van der Waals surface area (Å²) in [5.74, 6) is 1.53. The normalized spacial score (nSPS) is 20.2. The van der Waals surface area contributed by atoms with Gasteiger partial charge in [-0.15, -0.1) is 0 Å². The number of nitrogens with zero attached hydrogens (tertiary/aromatic N) is 2. The Morgan fingerprint density at radius 3 is 3.31 bits per heavy atom. The highest BCUT2D eigenvalue weighted by Gasteiger charge is 2.18. The van der Waals surface area contributed by atoms with Crippen molar-refractivity contribution in [3.05, 3.63) is 5.82 Å². The third-order valence-corrected chi connectivity index (χ3v) is 3.26. The molecular formula is C10H17N3O2S. The highest BCUT2D eigenvalue weighted by atomic mass is 32.1. The molecule has 1 aromatic rings. The van der Waals surface area contributed by atoms with E-state index in [4.69, 9.17) is 9.47 Å². The lowest BCUT2D eigenvalue weighted by atomic mass is 10.1. The minimum atomic E-state index is 0.599. The first kappa shape index (κ1) is 11.8. The number of anilines is 1. The Bertz CT molecular complexity index is 313. The zero-order valence-electron chi connectivity index (χ0n) is 9.44. The molecule has 0 bridgehead atoms. The maximum absolute atomic E-state index is 5.33. The van der Waals surface area contributed by atoms with Crippen LogP contribution in [0, 0.1) is 5.92 Å². The maximum Gasteiger partial charge on any atom is 0.202 e. The van der Waals surface area contributed by atoms with Crippen molar-refractivity contribution >= 4 is 16.7 Å². The summed E-state index contributed by atoms with van der Waals surface area (Å²) in [5.41, 5.74) is 0. The van der Waals surface area contributed by atoms with Gasteiger partial charge in [-0.2, -0.15) is 4.37 Å². The molecule has 1 aliphatic heterocycles. The van der Waals surface area contributed by atoms with E-state index in [1.54, 1.807) is 7.11 Å². The Balaban J connectivity index is 1.77. The second-order valence-corrected chi connectivity index (χ2v) is 4.62. The van der Waals surface area contributed by atoms with Crippen LogP contribution in [0.1, 0.15) is 12.2 Å². The monoisotopic (exact) mass is 243 g/mol. The Morgan fingerprint density at radius 1 is 1.62 bits per heavy atom. The van der Waals surface area contributed by atoms with Gasteiger partial charge in [-0.25, -0.2) is 4.98 Å². The van der Waals surface area contributed by atoms with Gasteiger partial charge in [-0.1, -0.05) is 0 Å². The zero-order chi connectivity index (χ0) is 11.2. The first-order valence-corrected chi connectivity index (χ1v) is 6.29. The molecule has 1 aliphatic rings. The molecule has 16 heavy (non-hydrogen) atoms. The lowest BCUT2D eigenvalue weighted by Crippen LogP contribution is -2.08. The molecule has 0 spiro atoms. The third-order valence-electron chi connectivity index (χ3n) is 2.55. The molecule has 1 N–H and O–H groups in total. The molecule has 0 amide bonds. The van der Waals surface area contributed by atoms with Crippen LogP contribution in [0.3, 0.4) is 0 Å². The van der Waals surface area contributed by atoms with Crippen LogP contribution in [0.2, 0.25) is 0 Å². The molecule has 5 nitrogen and oxygen atoms in total. The zero-order valence-corrected chi connectivity index (χ0v) is 10.3. The Kier molecular flexibility index (Phi) is 4.50. The van der Waals surface area contributed by atoms with Gasteiger partial charge in [0.2, 0.25) is 5.13 Å². The molecule has 2 heterocycles. The molecule has 0 radical (unpaired) electrons. The minimum Gasteiger partial charge on any atom is -0.383 e. The van der Waals surface area contributed by atoms with E-state index in [0.29, 0.717) is 12.5 Å². The lowest BCUT2D eigenvalue weighted by molar-refractivity contribution is 0.185. The van der Waals surface area contributed by atoms with E-state index < -0.39 is 0 Å². The number of aromatic nitrogens is 2. The van der Waals surface area contributed by atoms with Crippen molar-refractivity contribution in [3.63, 3.8) is 0 Å². The summed E-state index contributed by atoms with van der Waals surface area (Å²) in [6.45, 7) is 3.20.